The van der Waals surface area contributed by atoms with Gasteiger partial charge in [-0.05, 0) is 37.5 Å². The van der Waals surface area contributed by atoms with Crippen molar-refractivity contribution in [3.63, 3.8) is 0 Å². The number of ketones is 1. The Kier molecular flexibility index (Phi) is 0.961. The predicted molar refractivity (Wildman–Crippen MR) is 42.1 cm³/mol. The fourth-order valence-corrected chi connectivity index (χ4v) is 3.82. The third-order valence-electron chi connectivity index (χ3n) is 4.34. The molecule has 1 spiro atoms. The van der Waals surface area contributed by atoms with Crippen LogP contribution in [0.15, 0.2) is 0 Å². The third-order valence-corrected chi connectivity index (χ3v) is 4.34. The fraction of sp³-hybridized carbons (Fsp3) is 0.900. The molecule has 4 fully saturated rings. The van der Waals surface area contributed by atoms with Gasteiger partial charge in [-0.15, -0.1) is 0 Å². The van der Waals surface area contributed by atoms with Gasteiger partial charge in [-0.1, -0.05) is 6.42 Å². The van der Waals surface area contributed by atoms with Crippen molar-refractivity contribution in [2.45, 2.75) is 38.5 Å². The summed E-state index contributed by atoms with van der Waals surface area (Å²) in [5, 5.41) is 0. The van der Waals surface area contributed by atoms with Gasteiger partial charge in [0.15, 0.2) is 0 Å². The second-order valence-electron chi connectivity index (χ2n) is 4.58. The molecule has 0 aliphatic heterocycles. The van der Waals surface area contributed by atoms with Crippen LogP contribution in [0.25, 0.3) is 0 Å². The van der Waals surface area contributed by atoms with Gasteiger partial charge in [0.25, 0.3) is 0 Å². The standard InChI is InChI=1S/C10H14O/c11-9-4-3-7-6-10(9)5-1-2-8(7)10/h7-8H,1-6H2/t7-,8+,10+/m1/s1. The monoisotopic (exact) mass is 150 g/mol. The van der Waals surface area contributed by atoms with Crippen molar-refractivity contribution in [1.29, 1.82) is 0 Å². The van der Waals surface area contributed by atoms with Crippen molar-refractivity contribution in [2.75, 3.05) is 0 Å². The molecular formula is C10H14O. The van der Waals surface area contributed by atoms with Crippen LogP contribution in [0.4, 0.5) is 0 Å². The molecule has 4 aliphatic carbocycles. The Balaban J connectivity index is 2.01. The van der Waals surface area contributed by atoms with Gasteiger partial charge >= 0.3 is 0 Å². The molecule has 2 bridgehead atoms. The largest absolute Gasteiger partial charge is 0.299 e. The van der Waals surface area contributed by atoms with Crippen LogP contribution in [0, 0.1) is 17.3 Å². The summed E-state index contributed by atoms with van der Waals surface area (Å²) in [7, 11) is 0. The Hall–Kier alpha value is -0.330. The van der Waals surface area contributed by atoms with Gasteiger partial charge in [-0.25, -0.2) is 0 Å². The molecule has 0 unspecified atom stereocenters. The van der Waals surface area contributed by atoms with Gasteiger partial charge in [-0.2, -0.15) is 0 Å². The van der Waals surface area contributed by atoms with Gasteiger partial charge < -0.3 is 0 Å². The van der Waals surface area contributed by atoms with Gasteiger partial charge in [0.1, 0.15) is 5.78 Å². The highest BCUT2D eigenvalue weighted by atomic mass is 16.1. The molecule has 4 saturated carbocycles. The molecule has 4 rings (SSSR count). The molecule has 0 radical (unpaired) electrons. The van der Waals surface area contributed by atoms with E-state index < -0.39 is 0 Å². The summed E-state index contributed by atoms with van der Waals surface area (Å²) in [6.07, 6.45) is 7.29. The second-order valence-corrected chi connectivity index (χ2v) is 4.58. The summed E-state index contributed by atoms with van der Waals surface area (Å²) >= 11 is 0. The molecule has 1 heteroatoms. The van der Waals surface area contributed by atoms with Crippen molar-refractivity contribution in [2.24, 2.45) is 17.3 Å². The molecule has 0 amide bonds. The van der Waals surface area contributed by atoms with Crippen LogP contribution in [0.1, 0.15) is 38.5 Å². The van der Waals surface area contributed by atoms with Crippen molar-refractivity contribution in [3.8, 4) is 0 Å². The number of fused-ring (bicyclic) bond motifs is 2. The first-order valence-electron chi connectivity index (χ1n) is 4.86. The topological polar surface area (TPSA) is 17.1 Å². The van der Waals surface area contributed by atoms with Crippen LogP contribution in [-0.2, 0) is 4.79 Å². The number of hydrogen-bond acceptors (Lipinski definition) is 1. The number of carbonyl (C=O) groups is 1. The highest BCUT2D eigenvalue weighted by Gasteiger charge is 2.62. The molecule has 1 nitrogen and oxygen atoms in total. The van der Waals surface area contributed by atoms with E-state index in [2.05, 4.69) is 0 Å². The van der Waals surface area contributed by atoms with E-state index in [9.17, 15) is 4.79 Å². The minimum atomic E-state index is 0.253. The molecule has 3 atom stereocenters. The van der Waals surface area contributed by atoms with Gasteiger partial charge in [0.2, 0.25) is 0 Å². The zero-order chi connectivity index (χ0) is 7.47. The SMILES string of the molecule is O=C1CC[C@@H]2C[C@]13CCC[C@@H]23. The normalized spacial score (nSPS) is 53.6. The number of carbonyl (C=O) groups excluding carboxylic acids is 1. The van der Waals surface area contributed by atoms with Crippen LogP contribution in [0.2, 0.25) is 0 Å². The lowest BCUT2D eigenvalue weighted by atomic mass is 9.48. The molecule has 11 heavy (non-hydrogen) atoms. The van der Waals surface area contributed by atoms with Gasteiger partial charge in [0, 0.05) is 11.8 Å². The number of rotatable bonds is 0. The first kappa shape index (κ1) is 6.22. The summed E-state index contributed by atoms with van der Waals surface area (Å²) < 4.78 is 0. The van der Waals surface area contributed by atoms with Crippen LogP contribution in [0.3, 0.4) is 0 Å². The first-order chi connectivity index (χ1) is 5.33. The van der Waals surface area contributed by atoms with Crippen molar-refractivity contribution < 1.29 is 4.79 Å². The maximum Gasteiger partial charge on any atom is 0.139 e. The van der Waals surface area contributed by atoms with E-state index in [1.807, 2.05) is 0 Å². The molecule has 0 aromatic rings. The second kappa shape index (κ2) is 1.70. The average molecular weight is 150 g/mol. The molecule has 0 aromatic carbocycles. The third kappa shape index (κ3) is 0.533. The van der Waals surface area contributed by atoms with Crippen molar-refractivity contribution in [3.05, 3.63) is 0 Å². The zero-order valence-corrected chi connectivity index (χ0v) is 6.81. The number of Topliss-reactive ketones (excluding diaryl/α,β-unsaturated/α-hetero) is 1. The lowest BCUT2D eigenvalue weighted by Gasteiger charge is -2.54. The summed E-state index contributed by atoms with van der Waals surface area (Å²) in [6.45, 7) is 0. The predicted octanol–water partition coefficient (Wildman–Crippen LogP) is 2.16. The lowest BCUT2D eigenvalue weighted by molar-refractivity contribution is -0.152. The van der Waals surface area contributed by atoms with E-state index in [0.29, 0.717) is 5.78 Å². The molecule has 4 aliphatic rings. The summed E-state index contributed by atoms with van der Waals surface area (Å²) in [4.78, 5) is 11.6. The number of hydrogen-bond donors (Lipinski definition) is 0. The smallest absolute Gasteiger partial charge is 0.139 e. The average Bonchev–Trinajstić information content (AvgIpc) is 2.30. The Morgan fingerprint density at radius 1 is 1.36 bits per heavy atom. The van der Waals surface area contributed by atoms with E-state index in [1.165, 1.54) is 32.1 Å². The minimum Gasteiger partial charge on any atom is -0.299 e. The quantitative estimate of drug-likeness (QED) is 0.517. The highest BCUT2D eigenvalue weighted by molar-refractivity contribution is 5.88. The molecule has 0 heterocycles. The minimum absolute atomic E-state index is 0.253. The molecule has 60 valence electrons. The molecular weight excluding hydrogens is 136 g/mol. The van der Waals surface area contributed by atoms with Crippen LogP contribution >= 0.6 is 0 Å². The van der Waals surface area contributed by atoms with E-state index in [-0.39, 0.29) is 5.41 Å². The van der Waals surface area contributed by atoms with E-state index in [4.69, 9.17) is 0 Å². The Morgan fingerprint density at radius 2 is 2.27 bits per heavy atom. The van der Waals surface area contributed by atoms with Crippen molar-refractivity contribution >= 4 is 5.78 Å². The van der Waals surface area contributed by atoms with Crippen LogP contribution < -0.4 is 0 Å². The van der Waals surface area contributed by atoms with Gasteiger partial charge in [-0.3, -0.25) is 4.79 Å². The molecule has 0 N–H and O–H groups in total. The lowest BCUT2D eigenvalue weighted by Crippen LogP contribution is -2.53. The van der Waals surface area contributed by atoms with Crippen LogP contribution in [-0.4, -0.2) is 5.78 Å². The fourth-order valence-electron chi connectivity index (χ4n) is 3.82. The van der Waals surface area contributed by atoms with Crippen molar-refractivity contribution in [1.82, 2.24) is 0 Å². The van der Waals surface area contributed by atoms with E-state index in [0.717, 1.165) is 18.3 Å². The van der Waals surface area contributed by atoms with Crippen LogP contribution in [0.5, 0.6) is 0 Å². The summed E-state index contributed by atoms with van der Waals surface area (Å²) in [5.41, 5.74) is 0.253. The Labute approximate surface area is 67.2 Å². The maximum absolute atomic E-state index is 11.6. The highest BCUT2D eigenvalue weighted by Crippen LogP contribution is 2.65. The van der Waals surface area contributed by atoms with Gasteiger partial charge in [0.05, 0.1) is 0 Å². The molecule has 0 aromatic heterocycles. The van der Waals surface area contributed by atoms with E-state index in [1.54, 1.807) is 0 Å². The molecule has 0 saturated heterocycles. The Bertz CT molecular complexity index is 221. The summed E-state index contributed by atoms with van der Waals surface area (Å²) in [5.74, 6) is 2.40. The van der Waals surface area contributed by atoms with E-state index >= 15 is 0 Å². The Morgan fingerprint density at radius 3 is 3.00 bits per heavy atom. The zero-order valence-electron chi connectivity index (χ0n) is 6.81. The first-order valence-corrected chi connectivity index (χ1v) is 4.86. The summed E-state index contributed by atoms with van der Waals surface area (Å²) in [6, 6.07) is 0. The maximum atomic E-state index is 11.6.